The zero-order valence-electron chi connectivity index (χ0n) is 8.82. The van der Waals surface area contributed by atoms with E-state index in [1.165, 1.54) is 25.3 Å². The highest BCUT2D eigenvalue weighted by Gasteiger charge is 2.15. The van der Waals surface area contributed by atoms with Gasteiger partial charge in [-0.1, -0.05) is 24.3 Å². The van der Waals surface area contributed by atoms with Crippen molar-refractivity contribution >= 4 is 5.97 Å². The quantitative estimate of drug-likeness (QED) is 0.799. The summed E-state index contributed by atoms with van der Waals surface area (Å²) in [6.07, 6.45) is -2.33. The molecule has 1 rings (SSSR count). The molecule has 0 saturated heterocycles. The minimum Gasteiger partial charge on any atom is -0.468 e. The maximum atomic E-state index is 12.4. The Morgan fingerprint density at radius 1 is 1.50 bits per heavy atom. The van der Waals surface area contributed by atoms with Crippen LogP contribution in [0.25, 0.3) is 0 Å². The van der Waals surface area contributed by atoms with Crippen molar-refractivity contribution in [2.75, 3.05) is 7.11 Å². The highest BCUT2D eigenvalue weighted by molar-refractivity contribution is 5.75. The van der Waals surface area contributed by atoms with Crippen LogP contribution >= 0.6 is 0 Å². The molecule has 0 saturated carbocycles. The van der Waals surface area contributed by atoms with Gasteiger partial charge in [-0.15, -0.1) is 0 Å². The molecule has 16 heavy (non-hydrogen) atoms. The van der Waals surface area contributed by atoms with E-state index in [2.05, 4.69) is 4.74 Å². The number of halogens is 2. The Morgan fingerprint density at radius 3 is 2.75 bits per heavy atom. The SMILES string of the molecule is COC(=O)[C@H](N)Cc1cccc(C(F)F)c1. The molecule has 1 atom stereocenters. The molecule has 0 aliphatic heterocycles. The fourth-order valence-electron chi connectivity index (χ4n) is 1.34. The van der Waals surface area contributed by atoms with Crippen LogP contribution in [0.15, 0.2) is 24.3 Å². The third kappa shape index (κ3) is 3.27. The first kappa shape index (κ1) is 12.6. The van der Waals surface area contributed by atoms with Crippen molar-refractivity contribution in [2.24, 2.45) is 5.73 Å². The van der Waals surface area contributed by atoms with E-state index in [4.69, 9.17) is 5.73 Å². The molecule has 5 heteroatoms. The Hall–Kier alpha value is -1.49. The zero-order chi connectivity index (χ0) is 12.1. The van der Waals surface area contributed by atoms with Crippen molar-refractivity contribution in [2.45, 2.75) is 18.9 Å². The van der Waals surface area contributed by atoms with Crippen molar-refractivity contribution in [3.63, 3.8) is 0 Å². The van der Waals surface area contributed by atoms with Crippen LogP contribution in [0.1, 0.15) is 17.6 Å². The molecule has 3 nitrogen and oxygen atoms in total. The predicted octanol–water partition coefficient (Wildman–Crippen LogP) is 1.67. The molecule has 0 aliphatic carbocycles. The fraction of sp³-hybridized carbons (Fsp3) is 0.364. The second-order valence-corrected chi connectivity index (χ2v) is 3.38. The molecule has 1 aromatic carbocycles. The van der Waals surface area contributed by atoms with Gasteiger partial charge in [0, 0.05) is 5.56 Å². The molecular weight excluding hydrogens is 216 g/mol. The number of carbonyl (C=O) groups is 1. The molecule has 2 N–H and O–H groups in total. The van der Waals surface area contributed by atoms with Crippen molar-refractivity contribution in [1.29, 1.82) is 0 Å². The standard InChI is InChI=1S/C11H13F2NO2/c1-16-11(15)9(14)6-7-3-2-4-8(5-7)10(12)13/h2-5,9-10H,6,14H2,1H3/t9-/m1/s1. The summed E-state index contributed by atoms with van der Waals surface area (Å²) in [5.74, 6) is -0.553. The Kier molecular flexibility index (Phi) is 4.37. The molecule has 1 aromatic rings. The van der Waals surface area contributed by atoms with E-state index in [9.17, 15) is 13.6 Å². The van der Waals surface area contributed by atoms with Crippen LogP contribution in [0, 0.1) is 0 Å². The number of methoxy groups -OCH3 is 1. The number of esters is 1. The maximum absolute atomic E-state index is 12.4. The van der Waals surface area contributed by atoms with Gasteiger partial charge in [0.05, 0.1) is 7.11 Å². The van der Waals surface area contributed by atoms with Gasteiger partial charge in [0.1, 0.15) is 6.04 Å². The Balaban J connectivity index is 2.74. The Morgan fingerprint density at radius 2 is 2.19 bits per heavy atom. The lowest BCUT2D eigenvalue weighted by molar-refractivity contribution is -0.142. The summed E-state index contributed by atoms with van der Waals surface area (Å²) in [6.45, 7) is 0. The van der Waals surface area contributed by atoms with Gasteiger partial charge >= 0.3 is 5.97 Å². The molecule has 0 amide bonds. The second-order valence-electron chi connectivity index (χ2n) is 3.38. The number of alkyl halides is 2. The lowest BCUT2D eigenvalue weighted by Gasteiger charge is -2.10. The highest BCUT2D eigenvalue weighted by atomic mass is 19.3. The topological polar surface area (TPSA) is 52.3 Å². The monoisotopic (exact) mass is 229 g/mol. The van der Waals surface area contributed by atoms with E-state index in [1.54, 1.807) is 6.07 Å². The van der Waals surface area contributed by atoms with Crippen molar-refractivity contribution < 1.29 is 18.3 Å². The molecule has 0 spiro atoms. The van der Waals surface area contributed by atoms with Gasteiger partial charge in [0.2, 0.25) is 0 Å². The van der Waals surface area contributed by atoms with E-state index in [0.717, 1.165) is 0 Å². The summed E-state index contributed by atoms with van der Waals surface area (Å²) < 4.78 is 29.2. The van der Waals surface area contributed by atoms with Crippen LogP contribution in [0.4, 0.5) is 8.78 Å². The third-order valence-electron chi connectivity index (χ3n) is 2.16. The maximum Gasteiger partial charge on any atom is 0.322 e. The predicted molar refractivity (Wildman–Crippen MR) is 55.1 cm³/mol. The second kappa shape index (κ2) is 5.55. The average Bonchev–Trinajstić information content (AvgIpc) is 2.28. The molecule has 0 fully saturated rings. The van der Waals surface area contributed by atoms with Crippen molar-refractivity contribution in [3.8, 4) is 0 Å². The smallest absolute Gasteiger partial charge is 0.322 e. The Bertz CT molecular complexity index is 369. The number of benzene rings is 1. The van der Waals surface area contributed by atoms with Gasteiger partial charge < -0.3 is 10.5 Å². The molecular formula is C11H13F2NO2. The summed E-state index contributed by atoms with van der Waals surface area (Å²) in [6, 6.07) is 5.01. The molecule has 0 unspecified atom stereocenters. The van der Waals surface area contributed by atoms with Crippen molar-refractivity contribution in [1.82, 2.24) is 0 Å². The van der Waals surface area contributed by atoms with Gasteiger partial charge in [-0.3, -0.25) is 4.79 Å². The largest absolute Gasteiger partial charge is 0.468 e. The number of hydrogen-bond acceptors (Lipinski definition) is 3. The number of carbonyl (C=O) groups excluding carboxylic acids is 1. The molecule has 0 heterocycles. The first-order chi connectivity index (χ1) is 7.54. The van der Waals surface area contributed by atoms with Crippen LogP contribution in [0.3, 0.4) is 0 Å². The van der Waals surface area contributed by atoms with Crippen LogP contribution in [-0.4, -0.2) is 19.1 Å². The summed E-state index contributed by atoms with van der Waals surface area (Å²) in [5, 5.41) is 0. The molecule has 0 radical (unpaired) electrons. The first-order valence-electron chi connectivity index (χ1n) is 4.75. The minimum absolute atomic E-state index is 0.0745. The summed E-state index contributed by atoms with van der Waals surface area (Å²) in [7, 11) is 1.23. The van der Waals surface area contributed by atoms with E-state index >= 15 is 0 Å². The van der Waals surface area contributed by atoms with Gasteiger partial charge in [0.15, 0.2) is 0 Å². The lowest BCUT2D eigenvalue weighted by atomic mass is 10.0. The minimum atomic E-state index is -2.52. The zero-order valence-corrected chi connectivity index (χ0v) is 8.82. The highest BCUT2D eigenvalue weighted by Crippen LogP contribution is 2.19. The van der Waals surface area contributed by atoms with E-state index in [0.29, 0.717) is 5.56 Å². The molecule has 0 aliphatic rings. The Labute approximate surface area is 92.2 Å². The summed E-state index contributed by atoms with van der Waals surface area (Å²) in [4.78, 5) is 11.0. The molecule has 88 valence electrons. The van der Waals surface area contributed by atoms with Gasteiger partial charge in [-0.25, -0.2) is 8.78 Å². The molecule has 0 bridgehead atoms. The number of rotatable bonds is 4. The van der Waals surface area contributed by atoms with Gasteiger partial charge in [-0.2, -0.15) is 0 Å². The van der Waals surface area contributed by atoms with Crippen LogP contribution in [-0.2, 0) is 16.0 Å². The van der Waals surface area contributed by atoms with Crippen LogP contribution < -0.4 is 5.73 Å². The average molecular weight is 229 g/mol. The van der Waals surface area contributed by atoms with Gasteiger partial charge in [-0.05, 0) is 12.0 Å². The van der Waals surface area contributed by atoms with E-state index < -0.39 is 18.4 Å². The fourth-order valence-corrected chi connectivity index (χ4v) is 1.34. The van der Waals surface area contributed by atoms with Crippen LogP contribution in [0.5, 0.6) is 0 Å². The normalized spacial score (nSPS) is 12.6. The summed E-state index contributed by atoms with van der Waals surface area (Å²) >= 11 is 0. The van der Waals surface area contributed by atoms with Crippen molar-refractivity contribution in [3.05, 3.63) is 35.4 Å². The van der Waals surface area contributed by atoms with Crippen LogP contribution in [0.2, 0.25) is 0 Å². The van der Waals surface area contributed by atoms with Gasteiger partial charge in [0.25, 0.3) is 6.43 Å². The lowest BCUT2D eigenvalue weighted by Crippen LogP contribution is -2.33. The van der Waals surface area contributed by atoms with E-state index in [1.807, 2.05) is 0 Å². The number of nitrogens with two attached hydrogens (primary N) is 1. The third-order valence-corrected chi connectivity index (χ3v) is 2.16. The molecule has 0 aromatic heterocycles. The number of hydrogen-bond donors (Lipinski definition) is 1. The first-order valence-corrected chi connectivity index (χ1v) is 4.75. The van der Waals surface area contributed by atoms with E-state index in [-0.39, 0.29) is 12.0 Å². The summed E-state index contributed by atoms with van der Waals surface area (Å²) in [5.41, 5.74) is 6.04. The number of ether oxygens (including phenoxy) is 1.